The topological polar surface area (TPSA) is 521 Å². The first-order valence-corrected chi connectivity index (χ1v) is 48.0. The third-order valence-corrected chi connectivity index (χ3v) is 25.4. The van der Waals surface area contributed by atoms with Crippen LogP contribution in [0.4, 0.5) is 11.5 Å². The van der Waals surface area contributed by atoms with Crippen LogP contribution in [0.2, 0.25) is 5.15 Å². The van der Waals surface area contributed by atoms with E-state index in [1.165, 1.54) is 18.2 Å². The van der Waals surface area contributed by atoms with Gasteiger partial charge in [-0.2, -0.15) is 9.59 Å². The predicted octanol–water partition coefficient (Wildman–Crippen LogP) is 23.9. The zero-order valence-electron chi connectivity index (χ0n) is 78.6. The van der Waals surface area contributed by atoms with Crippen molar-refractivity contribution in [2.75, 3.05) is 5.73 Å². The first-order valence-electron chi connectivity index (χ1n) is 42.3. The number of halogens is 6. The summed E-state index contributed by atoms with van der Waals surface area (Å²) in [4.78, 5) is 151. The molecule has 7 aromatic carbocycles. The maximum atomic E-state index is 11.4. The molecule has 755 valence electrons. The van der Waals surface area contributed by atoms with Gasteiger partial charge in [-0.15, -0.1) is 49.5 Å². The molecule has 6 aromatic heterocycles. The summed E-state index contributed by atoms with van der Waals surface area (Å²) < 4.78 is 9.51. The van der Waals surface area contributed by atoms with Crippen molar-refractivity contribution < 1.29 is 286 Å². The van der Waals surface area contributed by atoms with Crippen LogP contribution >= 0.6 is 73.7 Å². The number of pyridine rings is 6. The second kappa shape index (κ2) is 58.0. The molecule has 13 aromatic rings. The van der Waals surface area contributed by atoms with Crippen molar-refractivity contribution >= 4 is 203 Å². The van der Waals surface area contributed by atoms with Gasteiger partial charge in [0.1, 0.15) is 5.15 Å². The molecule has 7 atom stereocenters. The summed E-state index contributed by atoms with van der Waals surface area (Å²) in [6, 6.07) is 51.0. The number of carbonyl (C=O) groups excluding carboxylic acids is 10. The normalized spacial score (nSPS) is 19.6. The Labute approximate surface area is 1060 Å². The number of H-pyrrole nitrogens is 1. The van der Waals surface area contributed by atoms with Gasteiger partial charge in [-0.1, -0.05) is 56.8 Å². The number of nitrogens with one attached hydrogen (secondary N) is 8. The standard InChI is InChI=1S/C15H14ClN2O.C15H15N2O.C14H12ClN2O.C14H12N3O3.C14H13N2O2.C14H13N2O.C11H13N2O.C4H5ClO.CO2.2CH4.Cl3OP.7Y/c1-15(14(17)19)6-10-4-9-2-3-12(8-16)18-13(9)5-11(10)7-15;1-9-3-4-10-5-11-7-15(2,14(16)18)8-12(11)6-13(10)17-9;1-14(13(16)18)6-9-4-8-2-3-12(15)17-11(8)5-10(9)7-14;1-14(13(15)18)6-9-4-8-2-3-12(17(19)20)16-11(8)5-10(9)7-14;1-14(13(15)18)6-9-4-8-2-3-12(17)16-11(8)5-10(9)7-14;1-14(13(15)17)7-10-5-9-3-2-4-16-12(9)6-11(10)8-14;1-11(10(13)14)5-7-2-3-9(12)4-8(7)6-11;1-2-3-4(5)6;2-1-3;;;1-5(2,3)4;;;;;;;/h2-5H,1,6-8H2,(H2,17,19);3-6H,2,7-8H2,1H3,(H2,16,18);2-5H,1,6-7H2,(H2,16,18);2-5H,1,6-7H2,(H2,15,18);2-5H,1,6-7H2,(H3,15,16,17,18);2-6H,1,7-8H2,(H2,15,17);2-4H,1,5-6,12H2,(H2,13,14);2-3H,1H3;;2*1H4;;;;;;;;/q7*-1;;;;;;;;;;;;/p-7/b;;;;;;;3-2+;;;;;;;;;;;. The van der Waals surface area contributed by atoms with Crippen molar-refractivity contribution in [2.24, 2.45) is 37.9 Å². The van der Waals surface area contributed by atoms with Crippen LogP contribution in [0.15, 0.2) is 187 Å². The molecular weight excluding hydrogens is 2550 g/mol. The summed E-state index contributed by atoms with van der Waals surface area (Å²) in [5, 5.41) is 13.5. The van der Waals surface area contributed by atoms with E-state index in [1.807, 2.05) is 122 Å². The number of hydrogen-bond acceptors (Lipinski definition) is 20. The van der Waals surface area contributed by atoms with Crippen molar-refractivity contribution in [1.82, 2.24) is 29.9 Å². The van der Waals surface area contributed by atoms with E-state index >= 15 is 0 Å². The minimum absolute atomic E-state index is 0. The van der Waals surface area contributed by atoms with Crippen LogP contribution in [0.3, 0.4) is 0 Å². The van der Waals surface area contributed by atoms with Gasteiger partial charge in [-0.25, -0.2) is 4.98 Å². The number of aromatic amines is 1. The molecule has 7 aliphatic rings. The molecule has 29 nitrogen and oxygen atoms in total. The SMILES string of the molecule is C.C.C/C=C/C(=O)Cl.O=C=O.O=P(Cl)(Cl)Cl.[CH2-]C1(C([NH-])=O)Cc2cc3ccc(=O)[nH]c3cc2C1.[CH2-]C1(C([NH-])=O)Cc2cc3ccc(C)nc3cc2C1.[CH2-]C1(C([NH-])=O)Cc2cc3ccc(CCl)nc3cc2C1.[CH2-]C1(C([NH-])=O)Cc2cc3ccc(Cl)nc3cc2C1.[CH2-]C1(C([NH-])=O)Cc2cc3ccc([N+](=O)[O-])nc3cc2C1.[CH2-]C1(C([NH-])=O)Cc2cc3cccnc3cc2C1.[CH2-]C1(C([NH-])=O)Cc2ccc(N)cc2C1.[Y].[Y].[Y].[Y].[Y].[Y].[Y]. The van der Waals surface area contributed by atoms with Gasteiger partial charge in [0.25, 0.3) is 0 Å². The van der Waals surface area contributed by atoms with Gasteiger partial charge < -0.3 is 143 Å². The number of aromatic nitrogens is 6. The predicted molar refractivity (Wildman–Crippen MR) is 551 cm³/mol. The number of amides is 7. The summed E-state index contributed by atoms with van der Waals surface area (Å²) in [6.45, 7) is 31.0. The Morgan fingerprint density at radius 3 is 1.05 bits per heavy atom. The molecule has 0 saturated heterocycles. The third kappa shape index (κ3) is 35.4. The van der Waals surface area contributed by atoms with Crippen molar-refractivity contribution in [3.8, 4) is 0 Å². The number of carbonyl (C=O) groups is 8. The summed E-state index contributed by atoms with van der Waals surface area (Å²) in [5.74, 6) is -4.07. The van der Waals surface area contributed by atoms with Crippen molar-refractivity contribution in [2.45, 2.75) is 124 Å². The summed E-state index contributed by atoms with van der Waals surface area (Å²) in [5.41, 5.74) is 73.0. The van der Waals surface area contributed by atoms with E-state index in [-0.39, 0.29) is 261 Å². The van der Waals surface area contributed by atoms with Crippen LogP contribution in [-0.2, 0) is 377 Å². The smallest absolute Gasteiger partial charge is 0.373 e. The molecule has 7 aliphatic carbocycles. The van der Waals surface area contributed by atoms with Crippen LogP contribution < -0.4 is 11.3 Å². The first-order chi connectivity index (χ1) is 64.6. The number of nitrogen functional groups attached to an aromatic ring is 1. The number of hydrogen-bond donors (Lipinski definition) is 2. The maximum Gasteiger partial charge on any atom is 0.373 e. The Morgan fingerprint density at radius 1 is 0.429 bits per heavy atom. The van der Waals surface area contributed by atoms with Gasteiger partial charge in [0, 0.05) is 332 Å². The second-order valence-corrected chi connectivity index (χ2v) is 43.3. The number of allylic oxidation sites excluding steroid dienone is 2. The molecule has 7 unspecified atom stereocenters. The molecule has 147 heavy (non-hydrogen) atoms. The van der Waals surface area contributed by atoms with Gasteiger partial charge in [-0.05, 0) is 376 Å². The number of benzene rings is 7. The Bertz CT molecular complexity index is 7170. The molecule has 7 amide bonds. The second-order valence-electron chi connectivity index (χ2n) is 35.6. The van der Waals surface area contributed by atoms with E-state index in [1.54, 1.807) is 43.5 Å². The van der Waals surface area contributed by atoms with Crippen molar-refractivity contribution in [3.63, 3.8) is 0 Å². The fourth-order valence-electron chi connectivity index (χ4n) is 17.6. The monoisotopic (exact) mass is 2640 g/mol. The van der Waals surface area contributed by atoms with E-state index in [4.69, 9.17) is 90.3 Å². The van der Waals surface area contributed by atoms with Crippen molar-refractivity contribution in [1.29, 1.82) is 0 Å². The van der Waals surface area contributed by atoms with Gasteiger partial charge in [0.05, 0.1) is 33.6 Å². The van der Waals surface area contributed by atoms with Gasteiger partial charge >= 0.3 is 17.2 Å². The minimum Gasteiger partial charge on any atom is -0.670 e. The Balaban J connectivity index is 0.000000562. The number of nitro groups is 1. The van der Waals surface area contributed by atoms with Crippen LogP contribution in [0, 0.1) is 103 Å². The van der Waals surface area contributed by atoms with E-state index in [0.29, 0.717) is 112 Å². The number of aryl methyl sites for hydroxylation is 1. The zero-order valence-corrected chi connectivity index (χ0v) is 104. The Morgan fingerprint density at radius 2 is 0.714 bits per heavy atom. The van der Waals surface area contributed by atoms with E-state index in [2.05, 4.69) is 124 Å². The van der Waals surface area contributed by atoms with E-state index in [0.717, 1.165) is 149 Å². The van der Waals surface area contributed by atoms with Crippen LogP contribution in [-0.4, -0.2) is 87.6 Å². The molecule has 0 spiro atoms. The molecule has 43 heteroatoms. The first kappa shape index (κ1) is 138. The van der Waals surface area contributed by atoms with Crippen LogP contribution in [0.1, 0.15) is 111 Å². The number of fused-ring (bicyclic) bond motifs is 13. The van der Waals surface area contributed by atoms with Gasteiger partial charge in [0.2, 0.25) is 10.8 Å². The molecule has 0 fully saturated rings. The number of nitrogens with zero attached hydrogens (tertiary/aromatic N) is 6. The van der Waals surface area contributed by atoms with Gasteiger partial charge in [0.15, 0.2) is 5.52 Å². The zero-order chi connectivity index (χ0) is 101. The molecular formula is C104H98Cl6N15O14PY7-14. The summed E-state index contributed by atoms with van der Waals surface area (Å²) in [7, 11) is 0. The molecule has 6 heterocycles. The van der Waals surface area contributed by atoms with Crippen LogP contribution in [0.25, 0.3) is 106 Å². The summed E-state index contributed by atoms with van der Waals surface area (Å²) >= 11 is 30.4. The molecule has 20 rings (SSSR count). The fourth-order valence-corrected chi connectivity index (χ4v) is 18.0. The van der Waals surface area contributed by atoms with Crippen LogP contribution in [0.5, 0.6) is 0 Å². The molecule has 0 bridgehead atoms. The number of alkyl halides is 1. The maximum absolute atomic E-state index is 11.4. The average Bonchev–Trinajstić information content (AvgIpc) is 1.64. The van der Waals surface area contributed by atoms with Gasteiger partial charge in [-0.3, -0.25) is 29.1 Å². The molecule has 10 N–H and O–H groups in total. The van der Waals surface area contributed by atoms with E-state index < -0.39 is 94.6 Å². The molecule has 7 radical (unpaired) electrons. The quantitative estimate of drug-likeness (QED) is 0.0148. The van der Waals surface area contributed by atoms with Crippen molar-refractivity contribution in [3.05, 3.63) is 386 Å². The molecule has 0 aliphatic heterocycles. The minimum atomic E-state index is -3.22. The molecule has 0 saturated carbocycles. The Hall–Kier alpha value is -5.22. The number of rotatable bonds is 10. The number of anilines is 1. The fraction of sp³-hybridized carbons (Fsp3) is 0.250. The largest absolute Gasteiger partial charge is 0.670 e. The van der Waals surface area contributed by atoms with E-state index in [9.17, 15) is 57.8 Å². The third-order valence-electron chi connectivity index (χ3n) is 24.8. The summed E-state index contributed by atoms with van der Waals surface area (Å²) in [6.07, 6.45) is 12.1. The Kier molecular flexibility index (Phi) is 54.4. The number of nitrogens with two attached hydrogens (primary N) is 1. The average molecular weight is 2650 g/mol.